The van der Waals surface area contributed by atoms with E-state index in [1.807, 2.05) is 44.2 Å². The number of anilines is 1. The highest BCUT2D eigenvalue weighted by atomic mass is 35.5. The summed E-state index contributed by atoms with van der Waals surface area (Å²) in [6.45, 7) is 7.27. The summed E-state index contributed by atoms with van der Waals surface area (Å²) in [7, 11) is -3.94. The summed E-state index contributed by atoms with van der Waals surface area (Å²) in [5.74, 6) is 0.0618. The predicted molar refractivity (Wildman–Crippen MR) is 163 cm³/mol. The molecular weight excluding hydrogens is 560 g/mol. The standard InChI is InChI=1S/C32H41ClN2O5S/c1-20-7-13-30(36)28-12-9-25(28)18-35-15-5-4-6-23-16-27(33)11-8-26(23)19-40-31-14-10-24(17-29(31)35)32(37)34-41(38,39)22(3)21(20)2/h7-8,10-11,13-14,16-17,20-22,25,28,30,36H,4-6,9,12,15,18-19H2,1-3H3,(H,34,37)/b13-7+/t20-,21+,22-,25+,28-,30-/m1/s1. The second kappa shape index (κ2) is 12.4. The number of aliphatic hydroxyl groups is 1. The number of aliphatic hydroxyl groups excluding tert-OH is 1. The minimum Gasteiger partial charge on any atom is -0.487 e. The third kappa shape index (κ3) is 6.60. The Hall–Kier alpha value is -2.55. The lowest BCUT2D eigenvalue weighted by molar-refractivity contribution is 0.0459. The number of allylic oxidation sites excluding steroid dienone is 1. The Labute approximate surface area is 249 Å². The number of carbonyl (C=O) groups excluding carboxylic acids is 1. The van der Waals surface area contributed by atoms with Gasteiger partial charge in [-0.2, -0.15) is 0 Å². The monoisotopic (exact) mass is 600 g/mol. The molecule has 7 nitrogen and oxygen atoms in total. The van der Waals surface area contributed by atoms with Gasteiger partial charge in [0.15, 0.2) is 0 Å². The maximum Gasteiger partial charge on any atom is 0.264 e. The fourth-order valence-electron chi connectivity index (χ4n) is 6.23. The van der Waals surface area contributed by atoms with Gasteiger partial charge in [0.2, 0.25) is 10.0 Å². The van der Waals surface area contributed by atoms with Crippen LogP contribution in [0.4, 0.5) is 5.69 Å². The van der Waals surface area contributed by atoms with Gasteiger partial charge in [-0.05, 0) is 104 Å². The second-order valence-corrected chi connectivity index (χ2v) is 14.5. The van der Waals surface area contributed by atoms with Gasteiger partial charge in [-0.15, -0.1) is 0 Å². The van der Waals surface area contributed by atoms with Crippen molar-refractivity contribution in [2.24, 2.45) is 23.7 Å². The van der Waals surface area contributed by atoms with E-state index in [1.165, 1.54) is 5.56 Å². The molecule has 0 radical (unpaired) electrons. The molecule has 0 unspecified atom stereocenters. The average molecular weight is 601 g/mol. The molecule has 2 aromatic carbocycles. The minimum absolute atomic E-state index is 0.0919. The maximum atomic E-state index is 13.3. The summed E-state index contributed by atoms with van der Waals surface area (Å²) in [6, 6.07) is 11.0. The fourth-order valence-corrected chi connectivity index (χ4v) is 7.80. The number of hydrogen-bond donors (Lipinski definition) is 2. The van der Waals surface area contributed by atoms with Gasteiger partial charge in [0.05, 0.1) is 17.0 Å². The Bertz CT molecular complexity index is 1410. The highest BCUT2D eigenvalue weighted by molar-refractivity contribution is 7.90. The number of halogens is 1. The summed E-state index contributed by atoms with van der Waals surface area (Å²) in [6.07, 6.45) is 7.91. The Balaban J connectivity index is 1.55. The number of nitrogens with zero attached hydrogens (tertiary/aromatic N) is 1. The molecule has 2 aromatic rings. The average Bonchev–Trinajstić information content (AvgIpc) is 2.95. The largest absolute Gasteiger partial charge is 0.487 e. The first-order valence-corrected chi connectivity index (χ1v) is 16.7. The second-order valence-electron chi connectivity index (χ2n) is 12.1. The molecule has 1 amide bonds. The van der Waals surface area contributed by atoms with Crippen LogP contribution in [0.3, 0.4) is 0 Å². The molecule has 1 aliphatic carbocycles. The zero-order valence-electron chi connectivity index (χ0n) is 24.1. The van der Waals surface area contributed by atoms with Crippen molar-refractivity contribution in [2.75, 3.05) is 18.0 Å². The van der Waals surface area contributed by atoms with Crippen molar-refractivity contribution < 1.29 is 23.1 Å². The lowest BCUT2D eigenvalue weighted by Gasteiger charge is -2.42. The van der Waals surface area contributed by atoms with Gasteiger partial charge in [-0.1, -0.05) is 43.7 Å². The number of fused-ring (bicyclic) bond motifs is 3. The number of ether oxygens (including phenoxy) is 1. The van der Waals surface area contributed by atoms with Gasteiger partial charge in [-0.25, -0.2) is 13.1 Å². The Kier molecular flexibility index (Phi) is 9.02. The topological polar surface area (TPSA) is 95.9 Å². The van der Waals surface area contributed by atoms with Gasteiger partial charge in [0, 0.05) is 23.7 Å². The number of nitrogens with one attached hydrogen (secondary N) is 1. The summed E-state index contributed by atoms with van der Waals surface area (Å²) < 4.78 is 35.2. The molecular formula is C32H41ClN2O5S. The van der Waals surface area contributed by atoms with E-state index in [0.29, 0.717) is 23.3 Å². The molecule has 1 saturated carbocycles. The molecule has 0 saturated heterocycles. The molecule has 3 aliphatic rings. The Morgan fingerprint density at radius 2 is 1.83 bits per heavy atom. The van der Waals surface area contributed by atoms with Crippen molar-refractivity contribution in [1.82, 2.24) is 4.72 Å². The summed E-state index contributed by atoms with van der Waals surface area (Å²) >= 11 is 6.30. The van der Waals surface area contributed by atoms with Gasteiger partial charge >= 0.3 is 0 Å². The summed E-state index contributed by atoms with van der Waals surface area (Å²) in [5, 5.41) is 11.0. The predicted octanol–water partition coefficient (Wildman–Crippen LogP) is 5.74. The number of aryl methyl sites for hydroxylation is 1. The molecule has 6 atom stereocenters. The normalized spacial score (nSPS) is 31.2. The van der Waals surface area contributed by atoms with E-state index in [0.717, 1.165) is 56.4 Å². The molecule has 222 valence electrons. The number of carbonyl (C=O) groups is 1. The summed E-state index contributed by atoms with van der Waals surface area (Å²) in [4.78, 5) is 15.6. The number of sulfonamides is 1. The lowest BCUT2D eigenvalue weighted by Crippen LogP contribution is -2.44. The van der Waals surface area contributed by atoms with Crippen molar-refractivity contribution >= 4 is 33.2 Å². The van der Waals surface area contributed by atoms with Crippen LogP contribution in [0.1, 0.15) is 67.9 Å². The van der Waals surface area contributed by atoms with Gasteiger partial charge in [0.25, 0.3) is 5.91 Å². The smallest absolute Gasteiger partial charge is 0.264 e. The number of amides is 1. The first-order valence-electron chi connectivity index (χ1n) is 14.7. The first kappa shape index (κ1) is 29.9. The molecule has 41 heavy (non-hydrogen) atoms. The number of hydrogen-bond acceptors (Lipinski definition) is 6. The van der Waals surface area contributed by atoms with Crippen LogP contribution in [-0.2, 0) is 23.1 Å². The molecule has 0 aromatic heterocycles. The van der Waals surface area contributed by atoms with Crippen molar-refractivity contribution in [2.45, 2.75) is 70.8 Å². The van der Waals surface area contributed by atoms with E-state index < -0.39 is 27.3 Å². The SMILES string of the molecule is C[C@H]1[C@H](C)/C=C/[C@@H](O)[C@@H]2CC[C@H]2CN2CCCCc3cc(Cl)ccc3COc3ccc(cc32)C(=O)NS(=O)(=O)[C@@H]1C. The van der Waals surface area contributed by atoms with Crippen molar-refractivity contribution in [3.05, 3.63) is 70.3 Å². The molecule has 2 N–H and O–H groups in total. The zero-order chi connectivity index (χ0) is 29.3. The van der Waals surface area contributed by atoms with Crippen LogP contribution in [0.2, 0.25) is 5.02 Å². The van der Waals surface area contributed by atoms with Crippen molar-refractivity contribution in [1.29, 1.82) is 0 Å². The van der Waals surface area contributed by atoms with Gasteiger partial charge < -0.3 is 14.7 Å². The highest BCUT2D eigenvalue weighted by Gasteiger charge is 2.37. The molecule has 2 bridgehead atoms. The van der Waals surface area contributed by atoms with Gasteiger partial charge in [-0.3, -0.25) is 4.79 Å². The van der Waals surface area contributed by atoms with Crippen molar-refractivity contribution in [3.8, 4) is 5.75 Å². The van der Waals surface area contributed by atoms with Crippen LogP contribution in [0.25, 0.3) is 0 Å². The van der Waals surface area contributed by atoms with E-state index in [9.17, 15) is 18.3 Å². The number of benzene rings is 2. The minimum atomic E-state index is -3.94. The Morgan fingerprint density at radius 1 is 1.02 bits per heavy atom. The molecule has 2 aliphatic heterocycles. The van der Waals surface area contributed by atoms with E-state index in [2.05, 4.69) is 9.62 Å². The third-order valence-electron chi connectivity index (χ3n) is 9.51. The van der Waals surface area contributed by atoms with E-state index in [4.69, 9.17) is 16.3 Å². The van der Waals surface area contributed by atoms with Crippen molar-refractivity contribution in [3.63, 3.8) is 0 Å². The van der Waals surface area contributed by atoms with Gasteiger partial charge in [0.1, 0.15) is 12.4 Å². The molecule has 5 rings (SSSR count). The van der Waals surface area contributed by atoms with E-state index in [1.54, 1.807) is 25.1 Å². The van der Waals surface area contributed by atoms with Crippen LogP contribution in [0, 0.1) is 23.7 Å². The van der Waals surface area contributed by atoms with Crippen LogP contribution in [-0.4, -0.2) is 43.9 Å². The van der Waals surface area contributed by atoms with Crippen LogP contribution in [0.5, 0.6) is 5.75 Å². The van der Waals surface area contributed by atoms with E-state index >= 15 is 0 Å². The molecule has 0 spiro atoms. The first-order chi connectivity index (χ1) is 19.5. The summed E-state index contributed by atoms with van der Waals surface area (Å²) in [5.41, 5.74) is 3.28. The highest BCUT2D eigenvalue weighted by Crippen LogP contribution is 2.41. The van der Waals surface area contributed by atoms with E-state index in [-0.39, 0.29) is 23.3 Å². The van der Waals surface area contributed by atoms with Crippen LogP contribution < -0.4 is 14.4 Å². The molecule has 2 heterocycles. The third-order valence-corrected chi connectivity index (χ3v) is 11.6. The Morgan fingerprint density at radius 3 is 2.59 bits per heavy atom. The van der Waals surface area contributed by atoms with Crippen LogP contribution in [0.15, 0.2) is 48.6 Å². The maximum absolute atomic E-state index is 13.3. The fraction of sp³-hybridized carbons (Fsp3) is 0.531. The molecule has 1 fully saturated rings. The number of rotatable bonds is 0. The zero-order valence-corrected chi connectivity index (χ0v) is 25.6. The quantitative estimate of drug-likeness (QED) is 0.375. The van der Waals surface area contributed by atoms with Crippen LogP contribution >= 0.6 is 11.6 Å². The lowest BCUT2D eigenvalue weighted by atomic mass is 9.70. The molecule has 9 heteroatoms.